The van der Waals surface area contributed by atoms with E-state index in [1.54, 1.807) is 0 Å². The molecule has 0 saturated heterocycles. The second kappa shape index (κ2) is 7.11. The molecule has 5 aliphatic rings. The maximum absolute atomic E-state index is 12.8. The van der Waals surface area contributed by atoms with Gasteiger partial charge in [0.15, 0.2) is 0 Å². The number of carbonyl (C=O) groups is 1. The molecule has 0 unspecified atom stereocenters. The molecule has 3 heteroatoms. The van der Waals surface area contributed by atoms with Crippen LogP contribution >= 0.6 is 0 Å². The van der Waals surface area contributed by atoms with E-state index in [4.69, 9.17) is 0 Å². The van der Waals surface area contributed by atoms with Gasteiger partial charge in [-0.2, -0.15) is 0 Å². The molecule has 10 atom stereocenters. The summed E-state index contributed by atoms with van der Waals surface area (Å²) in [6.45, 7) is 18.8. The van der Waals surface area contributed by atoms with Gasteiger partial charge < -0.3 is 10.2 Å². The summed E-state index contributed by atoms with van der Waals surface area (Å²) in [6, 6.07) is 0. The van der Waals surface area contributed by atoms with Gasteiger partial charge in [0, 0.05) is 0 Å². The Morgan fingerprint density at radius 1 is 0.818 bits per heavy atom. The molecule has 0 aromatic carbocycles. The number of carboxylic acid groups (broad SMARTS) is 1. The number of fused-ring (bicyclic) bond motifs is 7. The lowest BCUT2D eigenvalue weighted by atomic mass is 9.32. The largest absolute Gasteiger partial charge is 0.481 e. The zero-order valence-corrected chi connectivity index (χ0v) is 22.0. The molecule has 0 amide bonds. The van der Waals surface area contributed by atoms with Gasteiger partial charge in [-0.1, -0.05) is 46.8 Å². The number of carboxylic acids is 1. The SMILES string of the molecule is C=C(C)[C@@H]1CC[C@]2(C(=O)O)CC[C@@]3(C)[C@@H](CC[C@@H]4[C@@]5(C)CC[C@H](O)C(C)(C)[C@@H]5CC[C@]43C)[C@@H]12. The fourth-order valence-electron chi connectivity index (χ4n) is 11.5. The smallest absolute Gasteiger partial charge is 0.309 e. The van der Waals surface area contributed by atoms with E-state index in [1.165, 1.54) is 31.3 Å². The van der Waals surface area contributed by atoms with Crippen molar-refractivity contribution in [3.8, 4) is 0 Å². The first-order chi connectivity index (χ1) is 15.3. The fraction of sp³-hybridized carbons (Fsp3) is 0.900. The highest BCUT2D eigenvalue weighted by Gasteiger charge is 2.71. The van der Waals surface area contributed by atoms with Crippen LogP contribution in [0.25, 0.3) is 0 Å². The normalized spacial score (nSPS) is 55.0. The quantitative estimate of drug-likeness (QED) is 0.436. The summed E-state index contributed by atoms with van der Waals surface area (Å²) in [7, 11) is 0. The molecular formula is C30H48O3. The number of rotatable bonds is 2. The molecule has 0 aliphatic heterocycles. The number of aliphatic hydroxyl groups is 1. The lowest BCUT2D eigenvalue weighted by Gasteiger charge is -2.72. The molecule has 5 saturated carbocycles. The standard InChI is InChI=1S/C30H48O3/c1-18(2)19-10-15-30(25(32)33)17-16-28(6)20(24(19)30)8-9-22-27(5)13-12-23(31)26(3,4)21(27)11-14-29(22,28)7/h19-24,31H,1,8-17H2,2-7H3,(H,32,33)/t19-,20-,21-,22+,23-,24+,27-,28-,29+,30-/m0/s1. The average molecular weight is 457 g/mol. The molecule has 3 nitrogen and oxygen atoms in total. The summed E-state index contributed by atoms with van der Waals surface area (Å²) in [5.74, 6) is 1.79. The fourth-order valence-corrected chi connectivity index (χ4v) is 11.5. The Morgan fingerprint density at radius 3 is 2.15 bits per heavy atom. The molecule has 186 valence electrons. The van der Waals surface area contributed by atoms with Crippen molar-refractivity contribution in [2.45, 2.75) is 112 Å². The molecule has 5 rings (SSSR count). The molecule has 0 bridgehead atoms. The van der Waals surface area contributed by atoms with E-state index in [-0.39, 0.29) is 33.7 Å². The van der Waals surface area contributed by atoms with E-state index in [2.05, 4.69) is 48.1 Å². The van der Waals surface area contributed by atoms with Gasteiger partial charge in [-0.15, -0.1) is 0 Å². The van der Waals surface area contributed by atoms with Gasteiger partial charge in [-0.05, 0) is 122 Å². The Bertz CT molecular complexity index is 861. The zero-order valence-electron chi connectivity index (χ0n) is 22.0. The second-order valence-electron chi connectivity index (χ2n) is 14.5. The van der Waals surface area contributed by atoms with Crippen molar-refractivity contribution in [1.82, 2.24) is 0 Å². The number of hydrogen-bond acceptors (Lipinski definition) is 2. The maximum atomic E-state index is 12.8. The first kappa shape index (κ1) is 23.9. The van der Waals surface area contributed by atoms with E-state index in [0.717, 1.165) is 38.5 Å². The Hall–Kier alpha value is -0.830. The summed E-state index contributed by atoms with van der Waals surface area (Å²) in [6.07, 6.45) is 10.5. The van der Waals surface area contributed by atoms with Crippen molar-refractivity contribution < 1.29 is 15.0 Å². The van der Waals surface area contributed by atoms with Crippen LogP contribution in [-0.4, -0.2) is 22.3 Å². The predicted octanol–water partition coefficient (Wildman–Crippen LogP) is 7.09. The summed E-state index contributed by atoms with van der Waals surface area (Å²) >= 11 is 0. The number of aliphatic carboxylic acids is 1. The van der Waals surface area contributed by atoms with E-state index >= 15 is 0 Å². The van der Waals surface area contributed by atoms with Crippen LogP contribution in [-0.2, 0) is 4.79 Å². The van der Waals surface area contributed by atoms with Crippen molar-refractivity contribution in [2.24, 2.45) is 56.7 Å². The van der Waals surface area contributed by atoms with Crippen LogP contribution in [0.1, 0.15) is 106 Å². The second-order valence-corrected chi connectivity index (χ2v) is 14.5. The molecule has 5 fully saturated rings. The van der Waals surface area contributed by atoms with E-state index < -0.39 is 11.4 Å². The van der Waals surface area contributed by atoms with Crippen molar-refractivity contribution >= 4 is 5.97 Å². The minimum atomic E-state index is -0.538. The van der Waals surface area contributed by atoms with Crippen molar-refractivity contribution in [1.29, 1.82) is 0 Å². The van der Waals surface area contributed by atoms with Gasteiger partial charge in [0.25, 0.3) is 0 Å². The molecule has 0 heterocycles. The van der Waals surface area contributed by atoms with E-state index in [0.29, 0.717) is 23.7 Å². The lowest BCUT2D eigenvalue weighted by Crippen LogP contribution is -2.67. The average Bonchev–Trinajstić information content (AvgIpc) is 3.13. The Labute approximate surface area is 201 Å². The van der Waals surface area contributed by atoms with Crippen LogP contribution in [0.15, 0.2) is 12.2 Å². The summed E-state index contributed by atoms with van der Waals surface area (Å²) in [5, 5.41) is 21.4. The Balaban J connectivity index is 1.57. The minimum absolute atomic E-state index is 0.0202. The number of aliphatic hydroxyl groups excluding tert-OH is 1. The third kappa shape index (κ3) is 2.75. The van der Waals surface area contributed by atoms with Crippen LogP contribution in [0.5, 0.6) is 0 Å². The molecule has 0 spiro atoms. The van der Waals surface area contributed by atoms with Gasteiger partial charge in [0.05, 0.1) is 11.5 Å². The summed E-state index contributed by atoms with van der Waals surface area (Å²) < 4.78 is 0. The highest BCUT2D eigenvalue weighted by atomic mass is 16.4. The summed E-state index contributed by atoms with van der Waals surface area (Å²) in [5.41, 5.74) is 1.35. The molecule has 33 heavy (non-hydrogen) atoms. The van der Waals surface area contributed by atoms with Crippen molar-refractivity contribution in [2.75, 3.05) is 0 Å². The number of allylic oxidation sites excluding steroid dienone is 1. The Morgan fingerprint density at radius 2 is 1.52 bits per heavy atom. The maximum Gasteiger partial charge on any atom is 0.309 e. The monoisotopic (exact) mass is 456 g/mol. The van der Waals surface area contributed by atoms with Crippen LogP contribution < -0.4 is 0 Å². The van der Waals surface area contributed by atoms with Gasteiger partial charge >= 0.3 is 5.97 Å². The van der Waals surface area contributed by atoms with Crippen molar-refractivity contribution in [3.05, 3.63) is 12.2 Å². The third-order valence-corrected chi connectivity index (χ3v) is 13.5. The number of hydrogen-bond donors (Lipinski definition) is 2. The zero-order chi connectivity index (χ0) is 24.2. The van der Waals surface area contributed by atoms with Gasteiger partial charge in [-0.3, -0.25) is 4.79 Å². The highest BCUT2D eigenvalue weighted by Crippen LogP contribution is 2.77. The topological polar surface area (TPSA) is 57.5 Å². The van der Waals surface area contributed by atoms with Crippen LogP contribution in [0.2, 0.25) is 0 Å². The van der Waals surface area contributed by atoms with Gasteiger partial charge in [0.2, 0.25) is 0 Å². The van der Waals surface area contributed by atoms with Gasteiger partial charge in [0.1, 0.15) is 0 Å². The van der Waals surface area contributed by atoms with Crippen LogP contribution in [0.4, 0.5) is 0 Å². The lowest BCUT2D eigenvalue weighted by molar-refractivity contribution is -0.248. The van der Waals surface area contributed by atoms with Crippen LogP contribution in [0.3, 0.4) is 0 Å². The Kier molecular flexibility index (Phi) is 5.15. The first-order valence-corrected chi connectivity index (χ1v) is 13.8. The van der Waals surface area contributed by atoms with Gasteiger partial charge in [-0.25, -0.2) is 0 Å². The van der Waals surface area contributed by atoms with E-state index in [1.807, 2.05) is 0 Å². The molecule has 0 aromatic heterocycles. The first-order valence-electron chi connectivity index (χ1n) is 13.8. The van der Waals surface area contributed by atoms with E-state index in [9.17, 15) is 15.0 Å². The molecular weight excluding hydrogens is 408 g/mol. The molecule has 2 N–H and O–H groups in total. The molecule has 5 aliphatic carbocycles. The van der Waals surface area contributed by atoms with Crippen molar-refractivity contribution in [3.63, 3.8) is 0 Å². The third-order valence-electron chi connectivity index (χ3n) is 13.5. The summed E-state index contributed by atoms with van der Waals surface area (Å²) in [4.78, 5) is 12.8. The molecule has 0 aromatic rings. The predicted molar refractivity (Wildman–Crippen MR) is 133 cm³/mol. The molecule has 0 radical (unpaired) electrons. The minimum Gasteiger partial charge on any atom is -0.481 e. The highest BCUT2D eigenvalue weighted by molar-refractivity contribution is 5.76. The van der Waals surface area contributed by atoms with Crippen LogP contribution in [0, 0.1) is 56.7 Å².